The Morgan fingerprint density at radius 1 is 0.968 bits per heavy atom. The van der Waals surface area contributed by atoms with Gasteiger partial charge in [0.2, 0.25) is 6.43 Å². The van der Waals surface area contributed by atoms with Crippen LogP contribution in [-0.4, -0.2) is 18.1 Å². The zero-order valence-electron chi connectivity index (χ0n) is 15.4. The zero-order valence-corrected chi connectivity index (χ0v) is 16.9. The second-order valence-corrected chi connectivity index (χ2v) is 7.83. The average Bonchev–Trinajstić information content (AvgIpc) is 2.93. The molecule has 1 aliphatic heterocycles. The first-order chi connectivity index (χ1) is 14.5. The number of hydrogen-bond acceptors (Lipinski definition) is 2. The molecule has 0 aromatic heterocycles. The number of fused-ring (bicyclic) bond motifs is 2. The molecule has 10 heteroatoms. The van der Waals surface area contributed by atoms with E-state index in [-0.39, 0.29) is 44.0 Å². The highest BCUT2D eigenvalue weighted by molar-refractivity contribution is 6.43. The van der Waals surface area contributed by atoms with Crippen molar-refractivity contribution in [2.75, 3.05) is 0 Å². The summed E-state index contributed by atoms with van der Waals surface area (Å²) in [5, 5.41) is 9.45. The molecule has 0 saturated carbocycles. The lowest BCUT2D eigenvalue weighted by Crippen LogP contribution is -2.11. The van der Waals surface area contributed by atoms with Crippen molar-refractivity contribution in [2.24, 2.45) is 10.7 Å². The smallest absolute Gasteiger partial charge is 0.383 e. The van der Waals surface area contributed by atoms with Crippen LogP contribution < -0.4 is 5.73 Å². The molecule has 4 rings (SSSR count). The van der Waals surface area contributed by atoms with Gasteiger partial charge in [-0.3, -0.25) is 5.41 Å². The summed E-state index contributed by atoms with van der Waals surface area (Å²) in [6.45, 7) is 0. The van der Waals surface area contributed by atoms with Gasteiger partial charge in [-0.15, -0.1) is 0 Å². The Labute approximate surface area is 182 Å². The van der Waals surface area contributed by atoms with E-state index < -0.39 is 24.6 Å². The molecule has 0 amide bonds. The van der Waals surface area contributed by atoms with Crippen LogP contribution in [0.25, 0.3) is 21.9 Å². The minimum Gasteiger partial charge on any atom is -0.383 e. The van der Waals surface area contributed by atoms with Gasteiger partial charge in [0.25, 0.3) is 0 Å². The molecule has 1 aliphatic rings. The first kappa shape index (κ1) is 21.5. The highest BCUT2D eigenvalue weighted by atomic mass is 35.5. The van der Waals surface area contributed by atoms with Gasteiger partial charge in [-0.25, -0.2) is 13.8 Å². The maximum absolute atomic E-state index is 13.5. The fourth-order valence-corrected chi connectivity index (χ4v) is 4.01. The molecule has 0 saturated heterocycles. The summed E-state index contributed by atoms with van der Waals surface area (Å²) < 4.78 is 66.6. The second kappa shape index (κ2) is 7.46. The fourth-order valence-electron chi connectivity index (χ4n) is 3.68. The van der Waals surface area contributed by atoms with Gasteiger partial charge in [0, 0.05) is 23.1 Å². The van der Waals surface area contributed by atoms with Crippen molar-refractivity contribution in [1.82, 2.24) is 0 Å². The van der Waals surface area contributed by atoms with Crippen LogP contribution >= 0.6 is 23.2 Å². The lowest BCUT2D eigenvalue weighted by molar-refractivity contribution is -0.137. The van der Waals surface area contributed by atoms with Crippen LogP contribution in [0.1, 0.15) is 22.3 Å². The van der Waals surface area contributed by atoms with E-state index in [1.54, 1.807) is 6.07 Å². The minimum absolute atomic E-state index is 0.000337. The van der Waals surface area contributed by atoms with E-state index in [2.05, 4.69) is 4.99 Å². The molecule has 31 heavy (non-hydrogen) atoms. The zero-order chi connectivity index (χ0) is 22.7. The third kappa shape index (κ3) is 3.85. The molecule has 0 aliphatic carbocycles. The van der Waals surface area contributed by atoms with Crippen LogP contribution in [0.2, 0.25) is 10.0 Å². The Balaban J connectivity index is 2.12. The van der Waals surface area contributed by atoms with Gasteiger partial charge in [0.05, 0.1) is 15.6 Å². The summed E-state index contributed by atoms with van der Waals surface area (Å²) in [5.41, 5.74) is 5.38. The molecule has 0 bridgehead atoms. The van der Waals surface area contributed by atoms with Crippen LogP contribution in [0.15, 0.2) is 41.4 Å². The van der Waals surface area contributed by atoms with E-state index in [1.807, 2.05) is 0 Å². The maximum Gasteiger partial charge on any atom is 0.416 e. The molecule has 1 heterocycles. The summed E-state index contributed by atoms with van der Waals surface area (Å²) in [5.74, 6) is -0.225. The highest BCUT2D eigenvalue weighted by Crippen LogP contribution is 2.42. The fraction of sp³-hybridized carbons (Fsp3) is 0.143. The number of nitrogens with zero attached hydrogens (tertiary/aromatic N) is 1. The number of benzene rings is 3. The van der Waals surface area contributed by atoms with Crippen molar-refractivity contribution in [1.29, 1.82) is 5.41 Å². The number of amidine groups is 2. The van der Waals surface area contributed by atoms with E-state index in [0.717, 1.165) is 6.07 Å². The van der Waals surface area contributed by atoms with Gasteiger partial charge in [-0.2, -0.15) is 13.2 Å². The van der Waals surface area contributed by atoms with Crippen LogP contribution in [-0.2, 0) is 12.6 Å². The molecule has 0 fully saturated rings. The van der Waals surface area contributed by atoms with Gasteiger partial charge in [0.15, 0.2) is 5.84 Å². The van der Waals surface area contributed by atoms with E-state index in [0.29, 0.717) is 22.4 Å². The normalized spacial score (nSPS) is 13.8. The number of alkyl halides is 5. The lowest BCUT2D eigenvalue weighted by Gasteiger charge is -2.17. The lowest BCUT2D eigenvalue weighted by atomic mass is 9.88. The van der Waals surface area contributed by atoms with Crippen LogP contribution in [0.3, 0.4) is 0 Å². The molecular formula is C21H12Cl2F5N3. The number of nitrogens with one attached hydrogen (secondary N) is 1. The molecule has 0 unspecified atom stereocenters. The minimum atomic E-state index is -4.76. The van der Waals surface area contributed by atoms with Crippen LogP contribution in [0.4, 0.5) is 22.0 Å². The van der Waals surface area contributed by atoms with Crippen molar-refractivity contribution < 1.29 is 22.0 Å². The molecule has 3 nitrogen and oxygen atoms in total. The van der Waals surface area contributed by atoms with Crippen LogP contribution in [0.5, 0.6) is 0 Å². The quantitative estimate of drug-likeness (QED) is 0.411. The second-order valence-electron chi connectivity index (χ2n) is 7.02. The van der Waals surface area contributed by atoms with Gasteiger partial charge in [-0.05, 0) is 52.2 Å². The number of aliphatic imine (C=N–C) groups is 1. The third-order valence-corrected chi connectivity index (χ3v) is 5.65. The van der Waals surface area contributed by atoms with E-state index in [1.165, 1.54) is 18.2 Å². The largest absolute Gasteiger partial charge is 0.416 e. The Morgan fingerprint density at radius 2 is 1.65 bits per heavy atom. The Kier molecular flexibility index (Phi) is 5.18. The van der Waals surface area contributed by atoms with Gasteiger partial charge in [-0.1, -0.05) is 29.3 Å². The van der Waals surface area contributed by atoms with Gasteiger partial charge >= 0.3 is 6.18 Å². The Morgan fingerprint density at radius 3 is 2.29 bits per heavy atom. The summed E-state index contributed by atoms with van der Waals surface area (Å²) in [4.78, 5) is 3.92. The number of rotatable bonds is 3. The summed E-state index contributed by atoms with van der Waals surface area (Å²) in [6, 6.07) is 7.40. The third-order valence-electron chi connectivity index (χ3n) is 4.92. The predicted molar refractivity (Wildman–Crippen MR) is 112 cm³/mol. The van der Waals surface area contributed by atoms with Crippen molar-refractivity contribution >= 4 is 45.6 Å². The topological polar surface area (TPSA) is 62.2 Å². The summed E-state index contributed by atoms with van der Waals surface area (Å²) >= 11 is 12.3. The van der Waals surface area contributed by atoms with Gasteiger partial charge < -0.3 is 5.73 Å². The standard InChI is InChI=1S/C21H12Cl2F5N3/c22-14-6-9-5-13-18(20(30)31-19(13)29)17(12(9)7-15(14)23)10-1-8(3-16(24)25)2-11(4-10)21(26,27)28/h1-2,4-7,16H,3H2,(H3,29,30,31). The van der Waals surface area contributed by atoms with Crippen LogP contribution in [0, 0.1) is 5.41 Å². The molecule has 3 aromatic rings. The number of hydrogen-bond donors (Lipinski definition) is 2. The number of nitrogens with two attached hydrogens (primary N) is 1. The summed E-state index contributed by atoms with van der Waals surface area (Å²) in [7, 11) is 0. The Bertz CT molecular complexity index is 1280. The van der Waals surface area contributed by atoms with Crippen molar-refractivity contribution in [2.45, 2.75) is 19.0 Å². The molecule has 0 radical (unpaired) electrons. The van der Waals surface area contributed by atoms with Crippen molar-refractivity contribution in [3.05, 3.63) is 68.7 Å². The van der Waals surface area contributed by atoms with Crippen molar-refractivity contribution in [3.8, 4) is 11.1 Å². The van der Waals surface area contributed by atoms with Crippen molar-refractivity contribution in [3.63, 3.8) is 0 Å². The Hall–Kier alpha value is -2.71. The molecule has 3 N–H and O–H groups in total. The SMILES string of the molecule is N=C1N=C(N)c2cc3cc(Cl)c(Cl)cc3c(-c3cc(CC(F)F)cc(C(F)(F)F)c3)c21. The van der Waals surface area contributed by atoms with E-state index in [9.17, 15) is 22.0 Å². The first-order valence-corrected chi connectivity index (χ1v) is 9.60. The monoisotopic (exact) mass is 471 g/mol. The molecule has 0 atom stereocenters. The molecule has 160 valence electrons. The van der Waals surface area contributed by atoms with E-state index in [4.69, 9.17) is 34.3 Å². The summed E-state index contributed by atoms with van der Waals surface area (Å²) in [6.07, 6.45) is -8.45. The average molecular weight is 472 g/mol. The highest BCUT2D eigenvalue weighted by Gasteiger charge is 2.33. The first-order valence-electron chi connectivity index (χ1n) is 8.84. The predicted octanol–water partition coefficient (Wildman–Crippen LogP) is 6.68. The maximum atomic E-state index is 13.5. The van der Waals surface area contributed by atoms with Gasteiger partial charge in [0.1, 0.15) is 5.84 Å². The molecular weight excluding hydrogens is 460 g/mol. The van der Waals surface area contributed by atoms with E-state index >= 15 is 0 Å². The molecule has 3 aromatic carbocycles. The number of halogens is 7. The molecule has 0 spiro atoms.